The van der Waals surface area contributed by atoms with Gasteiger partial charge in [-0.3, -0.25) is 4.79 Å². The number of hydrogen-bond donors (Lipinski definition) is 1. The van der Waals surface area contributed by atoms with Crippen LogP contribution in [0, 0.1) is 5.82 Å². The summed E-state index contributed by atoms with van der Waals surface area (Å²) in [6.07, 6.45) is 3.51. The molecule has 0 heterocycles. The molecule has 0 aliphatic rings. The third-order valence-electron chi connectivity index (χ3n) is 3.67. The van der Waals surface area contributed by atoms with E-state index in [9.17, 15) is 17.6 Å². The van der Waals surface area contributed by atoms with Gasteiger partial charge in [-0.25, -0.2) is 17.1 Å². The van der Waals surface area contributed by atoms with Crippen molar-refractivity contribution in [2.45, 2.75) is 39.5 Å². The quantitative estimate of drug-likeness (QED) is 0.661. The summed E-state index contributed by atoms with van der Waals surface area (Å²) in [7, 11) is -3.39. The molecule has 0 atom stereocenters. The number of rotatable bonds is 11. The highest BCUT2D eigenvalue weighted by atomic mass is 32.2. The van der Waals surface area contributed by atoms with Crippen LogP contribution in [0.3, 0.4) is 0 Å². The molecule has 0 spiro atoms. The third-order valence-corrected chi connectivity index (χ3v) is 5.54. The number of nitrogens with zero attached hydrogens (tertiary/aromatic N) is 1. The highest BCUT2D eigenvalue weighted by Gasteiger charge is 2.21. The second kappa shape index (κ2) is 10.4. The van der Waals surface area contributed by atoms with E-state index in [0.29, 0.717) is 18.7 Å². The van der Waals surface area contributed by atoms with E-state index in [1.165, 1.54) is 28.6 Å². The maximum absolute atomic E-state index is 12.8. The maximum atomic E-state index is 12.8. The van der Waals surface area contributed by atoms with Gasteiger partial charge in [-0.05, 0) is 37.1 Å². The Bertz CT molecular complexity index is 595. The van der Waals surface area contributed by atoms with E-state index < -0.39 is 21.7 Å². The summed E-state index contributed by atoms with van der Waals surface area (Å²) >= 11 is 0. The van der Waals surface area contributed by atoms with E-state index in [1.54, 1.807) is 0 Å². The monoisotopic (exact) mass is 358 g/mol. The maximum Gasteiger partial charge on any atom is 0.251 e. The average molecular weight is 358 g/mol. The molecule has 5 nitrogen and oxygen atoms in total. The normalized spacial score (nSPS) is 11.7. The molecule has 0 fully saturated rings. The standard InChI is InChI=1S/C17H27FN2O3S/c1-3-5-12-20(13-6-4-2)24(22,23)14-11-19-17(21)15-7-9-16(18)10-8-15/h7-10H,3-6,11-14H2,1-2H3,(H,19,21). The number of hydrogen-bond acceptors (Lipinski definition) is 3. The lowest BCUT2D eigenvalue weighted by atomic mass is 10.2. The highest BCUT2D eigenvalue weighted by Crippen LogP contribution is 2.07. The number of carbonyl (C=O) groups is 1. The molecule has 0 saturated carbocycles. The Morgan fingerprint density at radius 3 is 2.12 bits per heavy atom. The predicted molar refractivity (Wildman–Crippen MR) is 93.9 cm³/mol. The van der Waals surface area contributed by atoms with Crippen LogP contribution in [0.15, 0.2) is 24.3 Å². The summed E-state index contributed by atoms with van der Waals surface area (Å²) in [5.74, 6) is -0.955. The molecular formula is C17H27FN2O3S. The van der Waals surface area contributed by atoms with Crippen LogP contribution >= 0.6 is 0 Å². The first-order valence-electron chi connectivity index (χ1n) is 8.42. The molecule has 1 aromatic carbocycles. The van der Waals surface area contributed by atoms with Gasteiger partial charge in [0.25, 0.3) is 5.91 Å². The summed E-state index contributed by atoms with van der Waals surface area (Å²) < 4.78 is 39.2. The summed E-state index contributed by atoms with van der Waals surface area (Å²) in [4.78, 5) is 11.9. The minimum absolute atomic E-state index is 0.0350. The van der Waals surface area contributed by atoms with Crippen LogP contribution in [0.25, 0.3) is 0 Å². The Morgan fingerprint density at radius 2 is 1.62 bits per heavy atom. The first kappa shape index (κ1) is 20.6. The Kier molecular flexibility index (Phi) is 8.92. The molecule has 1 amide bonds. The number of carbonyl (C=O) groups excluding carboxylic acids is 1. The van der Waals surface area contributed by atoms with Crippen molar-refractivity contribution in [1.29, 1.82) is 0 Å². The van der Waals surface area contributed by atoms with Gasteiger partial charge in [0, 0.05) is 25.2 Å². The number of nitrogens with one attached hydrogen (secondary N) is 1. The van der Waals surface area contributed by atoms with Crippen molar-refractivity contribution < 1.29 is 17.6 Å². The number of amides is 1. The van der Waals surface area contributed by atoms with Gasteiger partial charge in [0.15, 0.2) is 0 Å². The molecule has 24 heavy (non-hydrogen) atoms. The van der Waals surface area contributed by atoms with Gasteiger partial charge < -0.3 is 5.32 Å². The fourth-order valence-electron chi connectivity index (χ4n) is 2.18. The van der Waals surface area contributed by atoms with Crippen molar-refractivity contribution >= 4 is 15.9 Å². The van der Waals surface area contributed by atoms with E-state index in [2.05, 4.69) is 5.32 Å². The van der Waals surface area contributed by atoms with Crippen LogP contribution in [-0.4, -0.2) is 44.0 Å². The van der Waals surface area contributed by atoms with E-state index in [0.717, 1.165) is 25.7 Å². The van der Waals surface area contributed by atoms with E-state index in [-0.39, 0.29) is 12.3 Å². The Hall–Kier alpha value is -1.47. The first-order chi connectivity index (χ1) is 11.4. The molecule has 1 N–H and O–H groups in total. The van der Waals surface area contributed by atoms with Gasteiger partial charge in [0.05, 0.1) is 5.75 Å². The second-order valence-electron chi connectivity index (χ2n) is 5.68. The summed E-state index contributed by atoms with van der Waals surface area (Å²) in [6, 6.07) is 5.13. The lowest BCUT2D eigenvalue weighted by Crippen LogP contribution is -2.38. The number of sulfonamides is 1. The number of halogens is 1. The number of benzene rings is 1. The molecule has 0 aliphatic heterocycles. The first-order valence-corrected chi connectivity index (χ1v) is 10.0. The molecule has 1 aromatic rings. The molecule has 0 aliphatic carbocycles. The zero-order valence-corrected chi connectivity index (χ0v) is 15.2. The minimum atomic E-state index is -3.39. The summed E-state index contributed by atoms with van der Waals surface area (Å²) in [5.41, 5.74) is 0.308. The smallest absolute Gasteiger partial charge is 0.251 e. The largest absolute Gasteiger partial charge is 0.351 e. The molecular weight excluding hydrogens is 331 g/mol. The molecule has 0 saturated heterocycles. The number of unbranched alkanes of at least 4 members (excludes halogenated alkanes) is 2. The summed E-state index contributed by atoms with van der Waals surface area (Å²) in [5, 5.41) is 2.57. The fraction of sp³-hybridized carbons (Fsp3) is 0.588. The van der Waals surface area contributed by atoms with Gasteiger partial charge in [-0.2, -0.15) is 0 Å². The van der Waals surface area contributed by atoms with Crippen LogP contribution in [0.2, 0.25) is 0 Å². The zero-order valence-electron chi connectivity index (χ0n) is 14.4. The van der Waals surface area contributed by atoms with Crippen LogP contribution in [0.4, 0.5) is 4.39 Å². The Morgan fingerprint density at radius 1 is 1.08 bits per heavy atom. The van der Waals surface area contributed by atoms with E-state index in [4.69, 9.17) is 0 Å². The Balaban J connectivity index is 2.55. The van der Waals surface area contributed by atoms with Gasteiger partial charge >= 0.3 is 0 Å². The Labute approximate surface area is 144 Å². The molecule has 7 heteroatoms. The topological polar surface area (TPSA) is 66.5 Å². The third kappa shape index (κ3) is 6.97. The van der Waals surface area contributed by atoms with Crippen molar-refractivity contribution in [2.24, 2.45) is 0 Å². The van der Waals surface area contributed by atoms with Crippen molar-refractivity contribution in [3.63, 3.8) is 0 Å². The van der Waals surface area contributed by atoms with Crippen molar-refractivity contribution in [3.05, 3.63) is 35.6 Å². The van der Waals surface area contributed by atoms with Crippen LogP contribution in [0.5, 0.6) is 0 Å². The lowest BCUT2D eigenvalue weighted by molar-refractivity contribution is 0.0956. The SMILES string of the molecule is CCCCN(CCCC)S(=O)(=O)CCNC(=O)c1ccc(F)cc1. The molecule has 1 rings (SSSR count). The molecule has 136 valence electrons. The van der Waals surface area contributed by atoms with Crippen molar-refractivity contribution in [1.82, 2.24) is 9.62 Å². The van der Waals surface area contributed by atoms with Crippen LogP contribution in [-0.2, 0) is 10.0 Å². The van der Waals surface area contributed by atoms with Gasteiger partial charge in [-0.1, -0.05) is 26.7 Å². The molecule has 0 bridgehead atoms. The van der Waals surface area contributed by atoms with Crippen LogP contribution in [0.1, 0.15) is 49.9 Å². The van der Waals surface area contributed by atoms with Gasteiger partial charge in [-0.15, -0.1) is 0 Å². The van der Waals surface area contributed by atoms with E-state index >= 15 is 0 Å². The van der Waals surface area contributed by atoms with Crippen LogP contribution < -0.4 is 5.32 Å². The lowest BCUT2D eigenvalue weighted by Gasteiger charge is -2.22. The van der Waals surface area contributed by atoms with Crippen molar-refractivity contribution in [2.75, 3.05) is 25.4 Å². The second-order valence-corrected chi connectivity index (χ2v) is 7.77. The van der Waals surface area contributed by atoms with Crippen molar-refractivity contribution in [3.8, 4) is 0 Å². The summed E-state index contributed by atoms with van der Waals surface area (Å²) in [6.45, 7) is 5.11. The molecule has 0 radical (unpaired) electrons. The molecule has 0 unspecified atom stereocenters. The molecule has 0 aromatic heterocycles. The van der Waals surface area contributed by atoms with E-state index in [1.807, 2.05) is 13.8 Å². The van der Waals surface area contributed by atoms with Gasteiger partial charge in [0.2, 0.25) is 10.0 Å². The highest BCUT2D eigenvalue weighted by molar-refractivity contribution is 7.89. The minimum Gasteiger partial charge on any atom is -0.351 e. The fourth-order valence-corrected chi connectivity index (χ4v) is 3.62. The predicted octanol–water partition coefficient (Wildman–Crippen LogP) is 2.79. The zero-order chi connectivity index (χ0) is 18.0. The van der Waals surface area contributed by atoms with Gasteiger partial charge in [0.1, 0.15) is 5.82 Å². The average Bonchev–Trinajstić information content (AvgIpc) is 2.55.